The number of ether oxygens (including phenoxy) is 1. The van der Waals surface area contributed by atoms with Gasteiger partial charge in [0, 0.05) is 16.8 Å². The Labute approximate surface area is 187 Å². The third-order valence-corrected chi connectivity index (χ3v) is 5.42. The first-order valence-electron chi connectivity index (χ1n) is 9.53. The number of hydrogen-bond donors (Lipinski definition) is 1. The third kappa shape index (κ3) is 6.06. The number of aromatic nitrogens is 1. The highest BCUT2D eigenvalue weighted by atomic mass is 79.9. The highest BCUT2D eigenvalue weighted by Crippen LogP contribution is 2.32. The first-order chi connectivity index (χ1) is 14.5. The summed E-state index contributed by atoms with van der Waals surface area (Å²) < 4.78 is 59.4. The van der Waals surface area contributed by atoms with Gasteiger partial charge in [0.05, 0.1) is 29.4 Å². The van der Waals surface area contributed by atoms with E-state index in [9.17, 15) is 17.6 Å². The van der Waals surface area contributed by atoms with Crippen LogP contribution in [0.5, 0.6) is 5.88 Å². The summed E-state index contributed by atoms with van der Waals surface area (Å²) in [6.45, 7) is 7.33. The van der Waals surface area contributed by atoms with E-state index < -0.39 is 17.6 Å². The van der Waals surface area contributed by atoms with Crippen molar-refractivity contribution in [2.24, 2.45) is 4.99 Å². The van der Waals surface area contributed by atoms with Crippen LogP contribution >= 0.6 is 15.9 Å². The molecule has 1 aromatic carbocycles. The number of nitrogens with zero attached hydrogens (tertiary/aromatic N) is 2. The topological polar surface area (TPSA) is 46.5 Å². The number of rotatable bonds is 6. The Balaban J connectivity index is 2.55. The van der Waals surface area contributed by atoms with Crippen LogP contribution in [-0.4, -0.2) is 17.9 Å². The minimum atomic E-state index is -4.77. The third-order valence-electron chi connectivity index (χ3n) is 4.85. The second kappa shape index (κ2) is 10.3. The Hall–Kier alpha value is -2.42. The average molecular weight is 502 g/mol. The molecule has 2 rings (SSSR count). The van der Waals surface area contributed by atoms with Gasteiger partial charge in [0.2, 0.25) is 5.88 Å². The van der Waals surface area contributed by atoms with Crippen molar-refractivity contribution in [2.75, 3.05) is 7.11 Å². The van der Waals surface area contributed by atoms with E-state index in [4.69, 9.17) is 4.74 Å². The van der Waals surface area contributed by atoms with E-state index in [2.05, 4.69) is 31.2 Å². The second-order valence-electron chi connectivity index (χ2n) is 6.94. The predicted molar refractivity (Wildman–Crippen MR) is 117 cm³/mol. The molecule has 0 fully saturated rings. The molecule has 31 heavy (non-hydrogen) atoms. The molecule has 0 unspecified atom stereocenters. The molecule has 0 atom stereocenters. The maximum absolute atomic E-state index is 14.5. The Kier molecular flexibility index (Phi) is 8.22. The van der Waals surface area contributed by atoms with Gasteiger partial charge in [-0.2, -0.15) is 13.2 Å². The van der Waals surface area contributed by atoms with Gasteiger partial charge in [-0.25, -0.2) is 9.37 Å². The van der Waals surface area contributed by atoms with Crippen molar-refractivity contribution in [2.45, 2.75) is 46.8 Å². The van der Waals surface area contributed by atoms with Crippen molar-refractivity contribution in [3.05, 3.63) is 68.2 Å². The molecule has 0 radical (unpaired) electrons. The molecule has 4 nitrogen and oxygen atoms in total. The lowest BCUT2D eigenvalue weighted by Gasteiger charge is -2.16. The van der Waals surface area contributed by atoms with Crippen molar-refractivity contribution in [3.63, 3.8) is 0 Å². The molecule has 0 spiro atoms. The molecule has 0 aliphatic carbocycles. The van der Waals surface area contributed by atoms with Crippen LogP contribution in [0.3, 0.4) is 0 Å². The molecule has 0 amide bonds. The van der Waals surface area contributed by atoms with Crippen LogP contribution in [0, 0.1) is 12.7 Å². The average Bonchev–Trinajstić information content (AvgIpc) is 2.71. The number of pyridine rings is 1. The van der Waals surface area contributed by atoms with Gasteiger partial charge < -0.3 is 10.1 Å². The van der Waals surface area contributed by atoms with Crippen LogP contribution in [0.1, 0.15) is 49.6 Å². The number of methoxy groups -OCH3 is 1. The van der Waals surface area contributed by atoms with Crippen molar-refractivity contribution >= 4 is 21.8 Å². The SMILES string of the molecule is CCC(C)=C(C)NC(=NCc1cccc(C(F)(F)F)c1F)c1cc(Br)c(OC)nc1C. The Morgan fingerprint density at radius 2 is 1.94 bits per heavy atom. The van der Waals surface area contributed by atoms with Crippen molar-refractivity contribution in [1.29, 1.82) is 0 Å². The fourth-order valence-corrected chi connectivity index (χ4v) is 3.25. The van der Waals surface area contributed by atoms with Gasteiger partial charge in [-0.1, -0.05) is 24.6 Å². The highest BCUT2D eigenvalue weighted by Gasteiger charge is 2.34. The number of nitrogens with one attached hydrogen (secondary N) is 1. The minimum Gasteiger partial charge on any atom is -0.480 e. The number of hydrogen-bond acceptors (Lipinski definition) is 3. The van der Waals surface area contributed by atoms with Crippen molar-refractivity contribution in [1.82, 2.24) is 10.3 Å². The van der Waals surface area contributed by atoms with Gasteiger partial charge in [-0.05, 0) is 55.3 Å². The Morgan fingerprint density at radius 1 is 1.26 bits per heavy atom. The Morgan fingerprint density at radius 3 is 2.52 bits per heavy atom. The molecule has 0 bridgehead atoms. The van der Waals surface area contributed by atoms with E-state index in [1.54, 1.807) is 13.0 Å². The van der Waals surface area contributed by atoms with Crippen LogP contribution < -0.4 is 10.1 Å². The zero-order valence-corrected chi connectivity index (χ0v) is 19.5. The quantitative estimate of drug-likeness (QED) is 0.277. The molecule has 0 saturated heterocycles. The number of aliphatic imine (C=N–C) groups is 1. The number of amidine groups is 1. The van der Waals surface area contributed by atoms with Crippen LogP contribution in [0.25, 0.3) is 0 Å². The first kappa shape index (κ1) is 24.8. The number of benzene rings is 1. The molecular weight excluding hydrogens is 478 g/mol. The number of alkyl halides is 3. The molecule has 1 N–H and O–H groups in total. The van der Waals surface area contributed by atoms with Gasteiger partial charge >= 0.3 is 6.18 Å². The summed E-state index contributed by atoms with van der Waals surface area (Å²) in [5.41, 5.74) is 1.67. The Bertz CT molecular complexity index is 1020. The number of allylic oxidation sites excluding steroid dienone is 2. The van der Waals surface area contributed by atoms with E-state index in [1.165, 1.54) is 19.2 Å². The fourth-order valence-electron chi connectivity index (χ4n) is 2.77. The largest absolute Gasteiger partial charge is 0.480 e. The summed E-state index contributed by atoms with van der Waals surface area (Å²) in [5.74, 6) is -0.558. The van der Waals surface area contributed by atoms with Crippen molar-refractivity contribution in [3.8, 4) is 5.88 Å². The van der Waals surface area contributed by atoms with Gasteiger partial charge in [0.1, 0.15) is 11.7 Å². The zero-order chi connectivity index (χ0) is 23.3. The fraction of sp³-hybridized carbons (Fsp3) is 0.364. The van der Waals surface area contributed by atoms with Crippen molar-refractivity contribution < 1.29 is 22.3 Å². The highest BCUT2D eigenvalue weighted by molar-refractivity contribution is 9.10. The van der Waals surface area contributed by atoms with E-state index in [-0.39, 0.29) is 12.1 Å². The maximum Gasteiger partial charge on any atom is 0.419 e. The van der Waals surface area contributed by atoms with E-state index in [0.717, 1.165) is 17.7 Å². The maximum atomic E-state index is 14.5. The molecule has 1 heterocycles. The lowest BCUT2D eigenvalue weighted by Crippen LogP contribution is -2.25. The van der Waals surface area contributed by atoms with Crippen LogP contribution in [0.2, 0.25) is 0 Å². The van der Waals surface area contributed by atoms with Crippen LogP contribution in [0.15, 0.2) is 45.0 Å². The van der Waals surface area contributed by atoms with E-state index in [1.807, 2.05) is 20.8 Å². The molecule has 2 aromatic rings. The normalized spacial score (nSPS) is 13.2. The second-order valence-corrected chi connectivity index (χ2v) is 7.79. The van der Waals surface area contributed by atoms with Gasteiger partial charge in [-0.3, -0.25) is 4.99 Å². The van der Waals surface area contributed by atoms with Crippen LogP contribution in [-0.2, 0) is 12.7 Å². The molecule has 168 valence electrons. The molecule has 0 saturated carbocycles. The molecule has 9 heteroatoms. The summed E-state index contributed by atoms with van der Waals surface area (Å²) in [4.78, 5) is 8.80. The number of halogens is 5. The standard InChI is InChI=1S/C22H24BrF4N3O/c1-6-12(2)13(3)29-20(16-10-18(23)21(31-5)30-14(16)4)28-11-15-8-7-9-17(19(15)24)22(25,26)27/h7-10H,6,11H2,1-5H3,(H,28,29). The van der Waals surface area contributed by atoms with Gasteiger partial charge in [-0.15, -0.1) is 0 Å². The molecular formula is C22H24BrF4N3O. The lowest BCUT2D eigenvalue weighted by molar-refractivity contribution is -0.140. The molecule has 1 aromatic heterocycles. The summed E-state index contributed by atoms with van der Waals surface area (Å²) in [5, 5.41) is 3.21. The van der Waals surface area contributed by atoms with Gasteiger partial charge in [0.15, 0.2) is 0 Å². The lowest BCUT2D eigenvalue weighted by atomic mass is 10.1. The molecule has 0 aliphatic heterocycles. The first-order valence-corrected chi connectivity index (χ1v) is 10.3. The predicted octanol–water partition coefficient (Wildman–Crippen LogP) is 6.56. The summed E-state index contributed by atoms with van der Waals surface area (Å²) >= 11 is 3.39. The van der Waals surface area contributed by atoms with Crippen LogP contribution in [0.4, 0.5) is 17.6 Å². The minimum absolute atomic E-state index is 0.152. The van der Waals surface area contributed by atoms with E-state index in [0.29, 0.717) is 33.5 Å². The summed E-state index contributed by atoms with van der Waals surface area (Å²) in [6.07, 6.45) is -3.97. The van der Waals surface area contributed by atoms with Gasteiger partial charge in [0.25, 0.3) is 0 Å². The zero-order valence-electron chi connectivity index (χ0n) is 17.9. The summed E-state index contributed by atoms with van der Waals surface area (Å²) in [7, 11) is 1.49. The smallest absolute Gasteiger partial charge is 0.419 e. The molecule has 0 aliphatic rings. The number of aryl methyl sites for hydroxylation is 1. The monoisotopic (exact) mass is 501 g/mol. The van der Waals surface area contributed by atoms with E-state index >= 15 is 0 Å². The summed E-state index contributed by atoms with van der Waals surface area (Å²) in [6, 6.07) is 4.94.